The van der Waals surface area contributed by atoms with E-state index in [1.165, 1.54) is 7.11 Å². The van der Waals surface area contributed by atoms with Crippen LogP contribution in [0.3, 0.4) is 0 Å². The molecule has 0 rings (SSSR count). The summed E-state index contributed by atoms with van der Waals surface area (Å²) in [6, 6.07) is -0.463. The molecule has 0 bridgehead atoms. The van der Waals surface area contributed by atoms with E-state index in [-0.39, 0.29) is 11.5 Å². The monoisotopic (exact) mass is 205 g/mol. The molecule has 0 saturated heterocycles. The Balaban J connectivity index is 4.08. The van der Waals surface area contributed by atoms with Crippen molar-refractivity contribution in [3.8, 4) is 0 Å². The lowest BCUT2D eigenvalue weighted by molar-refractivity contribution is -0.118. The summed E-state index contributed by atoms with van der Waals surface area (Å²) in [5.74, 6) is 0.0462. The zero-order valence-corrected chi connectivity index (χ0v) is 8.77. The topological polar surface area (TPSA) is 55.4 Å². The van der Waals surface area contributed by atoms with E-state index in [2.05, 4.69) is 22.7 Å². The summed E-state index contributed by atoms with van der Waals surface area (Å²) < 4.78 is 4.39. The van der Waals surface area contributed by atoms with Crippen molar-refractivity contribution < 1.29 is 14.3 Å². The second kappa shape index (κ2) is 6.77. The third kappa shape index (κ3) is 4.77. The van der Waals surface area contributed by atoms with Crippen LogP contribution >= 0.6 is 12.6 Å². The minimum Gasteiger partial charge on any atom is -0.453 e. The molecule has 0 aliphatic rings. The van der Waals surface area contributed by atoms with Gasteiger partial charge in [-0.2, -0.15) is 12.6 Å². The lowest BCUT2D eigenvalue weighted by atomic mass is 10.1. The number of hydrogen-bond acceptors (Lipinski definition) is 4. The predicted molar refractivity (Wildman–Crippen MR) is 53.1 cm³/mol. The molecule has 0 fully saturated rings. The number of alkyl carbamates (subject to hydrolysis) is 1. The number of rotatable bonds is 5. The summed E-state index contributed by atoms with van der Waals surface area (Å²) in [5.41, 5.74) is 0. The van der Waals surface area contributed by atoms with Gasteiger partial charge in [-0.25, -0.2) is 4.79 Å². The Morgan fingerprint density at radius 1 is 1.54 bits per heavy atom. The molecule has 4 nitrogen and oxygen atoms in total. The van der Waals surface area contributed by atoms with Gasteiger partial charge in [0.25, 0.3) is 0 Å². The Morgan fingerprint density at radius 2 is 2.15 bits per heavy atom. The third-order valence-electron chi connectivity index (χ3n) is 1.60. The van der Waals surface area contributed by atoms with E-state index in [1.54, 1.807) is 0 Å². The van der Waals surface area contributed by atoms with Crippen molar-refractivity contribution in [2.75, 3.05) is 12.9 Å². The fourth-order valence-electron chi connectivity index (χ4n) is 0.914. The molecule has 0 aromatic rings. The normalized spacial score (nSPS) is 11.9. The van der Waals surface area contributed by atoms with Gasteiger partial charge >= 0.3 is 6.09 Å². The molecule has 1 amide bonds. The summed E-state index contributed by atoms with van der Waals surface area (Å²) in [5, 5.41) is 2.46. The van der Waals surface area contributed by atoms with Crippen LogP contribution in [-0.4, -0.2) is 30.8 Å². The van der Waals surface area contributed by atoms with Crippen molar-refractivity contribution in [1.29, 1.82) is 0 Å². The van der Waals surface area contributed by atoms with Crippen molar-refractivity contribution in [2.45, 2.75) is 25.8 Å². The van der Waals surface area contributed by atoms with Crippen LogP contribution in [0, 0.1) is 0 Å². The largest absolute Gasteiger partial charge is 0.453 e. The summed E-state index contributed by atoms with van der Waals surface area (Å²) in [4.78, 5) is 22.0. The maximum Gasteiger partial charge on any atom is 0.407 e. The second-order valence-corrected chi connectivity index (χ2v) is 2.92. The van der Waals surface area contributed by atoms with Gasteiger partial charge in [-0.15, -0.1) is 0 Å². The standard InChI is InChI=1S/C8H15NO3S/c1-3-4-6(7(10)5-13)9-8(11)12-2/h6,13H,3-5H2,1-2H3,(H,9,11). The number of thiol groups is 1. The molecule has 0 aliphatic heterocycles. The van der Waals surface area contributed by atoms with Crippen LogP contribution in [0.15, 0.2) is 0 Å². The van der Waals surface area contributed by atoms with Gasteiger partial charge in [-0.3, -0.25) is 4.79 Å². The highest BCUT2D eigenvalue weighted by Gasteiger charge is 2.18. The Morgan fingerprint density at radius 3 is 2.54 bits per heavy atom. The van der Waals surface area contributed by atoms with Gasteiger partial charge in [0.1, 0.15) is 0 Å². The van der Waals surface area contributed by atoms with Crippen LogP contribution in [0.2, 0.25) is 0 Å². The smallest absolute Gasteiger partial charge is 0.407 e. The highest BCUT2D eigenvalue weighted by atomic mass is 32.1. The van der Waals surface area contributed by atoms with Crippen molar-refractivity contribution in [3.63, 3.8) is 0 Å². The Kier molecular flexibility index (Phi) is 6.40. The number of carbonyl (C=O) groups is 2. The van der Waals surface area contributed by atoms with Gasteiger partial charge in [-0.1, -0.05) is 13.3 Å². The number of ketones is 1. The number of nitrogens with one attached hydrogen (secondary N) is 1. The van der Waals surface area contributed by atoms with Gasteiger partial charge in [0.2, 0.25) is 0 Å². The van der Waals surface area contributed by atoms with Crippen LogP contribution in [0.4, 0.5) is 4.79 Å². The average Bonchev–Trinajstić information content (AvgIpc) is 2.15. The lowest BCUT2D eigenvalue weighted by Crippen LogP contribution is -2.41. The molecule has 13 heavy (non-hydrogen) atoms. The summed E-state index contributed by atoms with van der Waals surface area (Å²) in [6.45, 7) is 1.94. The number of amides is 1. The summed E-state index contributed by atoms with van der Waals surface area (Å²) in [6.07, 6.45) is 0.872. The molecule has 0 aromatic heterocycles. The third-order valence-corrected chi connectivity index (χ3v) is 1.91. The number of ether oxygens (including phenoxy) is 1. The molecule has 1 N–H and O–H groups in total. The van der Waals surface area contributed by atoms with Gasteiger partial charge in [0, 0.05) is 0 Å². The van der Waals surface area contributed by atoms with Crippen LogP contribution in [-0.2, 0) is 9.53 Å². The van der Waals surface area contributed by atoms with Crippen LogP contribution in [0.5, 0.6) is 0 Å². The van der Waals surface area contributed by atoms with Gasteiger partial charge in [0.05, 0.1) is 18.9 Å². The summed E-state index contributed by atoms with van der Waals surface area (Å²) >= 11 is 3.86. The van der Waals surface area contributed by atoms with Crippen LogP contribution in [0.25, 0.3) is 0 Å². The molecule has 0 spiro atoms. The van der Waals surface area contributed by atoms with E-state index in [0.717, 1.165) is 6.42 Å². The zero-order valence-electron chi connectivity index (χ0n) is 7.87. The first kappa shape index (κ1) is 12.3. The quantitative estimate of drug-likeness (QED) is 0.659. The lowest BCUT2D eigenvalue weighted by Gasteiger charge is -2.14. The molecular formula is C8H15NO3S. The number of hydrogen-bond donors (Lipinski definition) is 2. The maximum atomic E-state index is 11.2. The minimum atomic E-state index is -0.575. The van der Waals surface area contributed by atoms with Crippen molar-refractivity contribution in [2.24, 2.45) is 0 Å². The number of methoxy groups -OCH3 is 1. The molecule has 5 heteroatoms. The van der Waals surface area contributed by atoms with Crippen molar-refractivity contribution >= 4 is 24.5 Å². The Bertz CT molecular complexity index is 184. The molecule has 0 saturated carbocycles. The number of carbonyl (C=O) groups excluding carboxylic acids is 2. The maximum absolute atomic E-state index is 11.2. The molecule has 0 aliphatic carbocycles. The second-order valence-electron chi connectivity index (χ2n) is 2.60. The molecular weight excluding hydrogens is 190 g/mol. The summed E-state index contributed by atoms with van der Waals surface area (Å²) in [7, 11) is 1.27. The first-order valence-electron chi connectivity index (χ1n) is 4.13. The van der Waals surface area contributed by atoms with Gasteiger partial charge < -0.3 is 10.1 Å². The van der Waals surface area contributed by atoms with Crippen LogP contribution < -0.4 is 5.32 Å². The fraction of sp³-hybridized carbons (Fsp3) is 0.750. The van der Waals surface area contributed by atoms with E-state index >= 15 is 0 Å². The Labute approximate surface area is 83.4 Å². The number of Topliss-reactive ketones (excluding diaryl/α,β-unsaturated/α-hetero) is 1. The molecule has 76 valence electrons. The molecule has 0 aromatic carbocycles. The first-order chi connectivity index (χ1) is 6.15. The van der Waals surface area contributed by atoms with E-state index in [9.17, 15) is 9.59 Å². The fourth-order valence-corrected chi connectivity index (χ4v) is 1.13. The van der Waals surface area contributed by atoms with E-state index in [1.807, 2.05) is 6.92 Å². The molecule has 1 unspecified atom stereocenters. The first-order valence-corrected chi connectivity index (χ1v) is 4.77. The van der Waals surface area contributed by atoms with Crippen LogP contribution in [0.1, 0.15) is 19.8 Å². The highest BCUT2D eigenvalue weighted by molar-refractivity contribution is 7.81. The minimum absolute atomic E-state index is 0.0874. The molecule has 0 radical (unpaired) electrons. The highest BCUT2D eigenvalue weighted by Crippen LogP contribution is 1.99. The van der Waals surface area contributed by atoms with Crippen molar-refractivity contribution in [3.05, 3.63) is 0 Å². The Hall–Kier alpha value is -0.710. The predicted octanol–water partition coefficient (Wildman–Crippen LogP) is 1.01. The van der Waals surface area contributed by atoms with Gasteiger partial charge in [0.15, 0.2) is 5.78 Å². The van der Waals surface area contributed by atoms with Gasteiger partial charge in [-0.05, 0) is 6.42 Å². The molecule has 0 heterocycles. The van der Waals surface area contributed by atoms with E-state index in [4.69, 9.17) is 0 Å². The molecule has 1 atom stereocenters. The van der Waals surface area contributed by atoms with E-state index in [0.29, 0.717) is 6.42 Å². The van der Waals surface area contributed by atoms with Crippen molar-refractivity contribution in [1.82, 2.24) is 5.32 Å². The average molecular weight is 205 g/mol. The zero-order chi connectivity index (χ0) is 10.3. The SMILES string of the molecule is CCCC(NC(=O)OC)C(=O)CS. The van der Waals surface area contributed by atoms with E-state index < -0.39 is 12.1 Å².